The third kappa shape index (κ3) is 3.28. The standard InChI is InChI=1S/C11H12N2O5S/c14-11(12-9-4-5-19(17,18)7-9)8-2-1-3-10(6-8)13(15)16/h1-3,6,9H,4-5,7H2,(H,12,14)/t9-/m1/s1. The minimum atomic E-state index is -3.07. The minimum absolute atomic E-state index is 0.0624. The number of nitrogens with zero attached hydrogens (tertiary/aromatic N) is 1. The first-order chi connectivity index (χ1) is 8.87. The van der Waals surface area contributed by atoms with Crippen molar-refractivity contribution in [3.63, 3.8) is 0 Å². The van der Waals surface area contributed by atoms with E-state index in [1.54, 1.807) is 0 Å². The average molecular weight is 284 g/mol. The predicted octanol–water partition coefficient (Wildman–Crippen LogP) is 0.512. The van der Waals surface area contributed by atoms with Crippen molar-refractivity contribution in [2.75, 3.05) is 11.5 Å². The second-order valence-electron chi connectivity index (χ2n) is 4.38. The zero-order valence-electron chi connectivity index (χ0n) is 9.90. The van der Waals surface area contributed by atoms with E-state index in [-0.39, 0.29) is 22.8 Å². The number of amides is 1. The van der Waals surface area contributed by atoms with Crippen LogP contribution in [0.25, 0.3) is 0 Å². The lowest BCUT2D eigenvalue weighted by atomic mass is 10.1. The minimum Gasteiger partial charge on any atom is -0.348 e. The molecule has 0 unspecified atom stereocenters. The van der Waals surface area contributed by atoms with E-state index in [0.717, 1.165) is 0 Å². The summed E-state index contributed by atoms with van der Waals surface area (Å²) in [5.74, 6) is -0.508. The van der Waals surface area contributed by atoms with Crippen molar-refractivity contribution >= 4 is 21.4 Å². The zero-order chi connectivity index (χ0) is 14.0. The van der Waals surface area contributed by atoms with Crippen LogP contribution in [0.15, 0.2) is 24.3 Å². The third-order valence-electron chi connectivity index (χ3n) is 2.89. The van der Waals surface area contributed by atoms with Crippen LogP contribution in [-0.2, 0) is 9.84 Å². The second-order valence-corrected chi connectivity index (χ2v) is 6.61. The molecule has 102 valence electrons. The molecule has 1 atom stereocenters. The van der Waals surface area contributed by atoms with E-state index in [1.165, 1.54) is 24.3 Å². The lowest BCUT2D eigenvalue weighted by Crippen LogP contribution is -2.35. The highest BCUT2D eigenvalue weighted by atomic mass is 32.2. The van der Waals surface area contributed by atoms with Crippen LogP contribution in [0.3, 0.4) is 0 Å². The molecule has 1 N–H and O–H groups in total. The van der Waals surface area contributed by atoms with Crippen molar-refractivity contribution in [2.24, 2.45) is 0 Å². The Morgan fingerprint density at radius 1 is 1.42 bits per heavy atom. The molecule has 1 heterocycles. The summed E-state index contributed by atoms with van der Waals surface area (Å²) in [6.07, 6.45) is 0.378. The molecular formula is C11H12N2O5S. The molecule has 1 aliphatic heterocycles. The van der Waals surface area contributed by atoms with Crippen LogP contribution in [0, 0.1) is 10.1 Å². The molecule has 8 heteroatoms. The Bertz CT molecular complexity index is 626. The molecular weight excluding hydrogens is 272 g/mol. The Labute approximate surface area is 109 Å². The molecule has 1 aromatic carbocycles. The molecule has 0 spiro atoms. The lowest BCUT2D eigenvalue weighted by molar-refractivity contribution is -0.384. The van der Waals surface area contributed by atoms with Crippen molar-refractivity contribution in [3.05, 3.63) is 39.9 Å². The van der Waals surface area contributed by atoms with Gasteiger partial charge < -0.3 is 5.32 Å². The quantitative estimate of drug-likeness (QED) is 0.643. The molecule has 1 saturated heterocycles. The number of non-ortho nitro benzene ring substituents is 1. The summed E-state index contributed by atoms with van der Waals surface area (Å²) >= 11 is 0. The third-order valence-corrected chi connectivity index (χ3v) is 4.65. The summed E-state index contributed by atoms with van der Waals surface area (Å²) < 4.78 is 22.5. The van der Waals surface area contributed by atoms with E-state index in [2.05, 4.69) is 5.32 Å². The van der Waals surface area contributed by atoms with Crippen molar-refractivity contribution in [2.45, 2.75) is 12.5 Å². The van der Waals surface area contributed by atoms with E-state index in [9.17, 15) is 23.3 Å². The number of benzene rings is 1. The van der Waals surface area contributed by atoms with Crippen LogP contribution in [0.5, 0.6) is 0 Å². The van der Waals surface area contributed by atoms with Crippen LogP contribution in [-0.4, -0.2) is 36.8 Å². The average Bonchev–Trinajstić information content (AvgIpc) is 2.68. The number of rotatable bonds is 3. The van der Waals surface area contributed by atoms with E-state index in [1.807, 2.05) is 0 Å². The van der Waals surface area contributed by atoms with Gasteiger partial charge in [0, 0.05) is 23.7 Å². The Balaban J connectivity index is 2.08. The first-order valence-electron chi connectivity index (χ1n) is 5.63. The summed E-state index contributed by atoms with van der Waals surface area (Å²) in [6, 6.07) is 4.90. The van der Waals surface area contributed by atoms with Gasteiger partial charge in [0.25, 0.3) is 11.6 Å². The van der Waals surface area contributed by atoms with Crippen LogP contribution in [0.4, 0.5) is 5.69 Å². The number of nitro benzene ring substituents is 1. The van der Waals surface area contributed by atoms with E-state index >= 15 is 0 Å². The van der Waals surface area contributed by atoms with Gasteiger partial charge in [-0.2, -0.15) is 0 Å². The van der Waals surface area contributed by atoms with Crippen molar-refractivity contribution in [3.8, 4) is 0 Å². The normalized spacial score (nSPS) is 20.9. The number of hydrogen-bond acceptors (Lipinski definition) is 5. The van der Waals surface area contributed by atoms with Crippen LogP contribution >= 0.6 is 0 Å². The number of nitrogens with one attached hydrogen (secondary N) is 1. The zero-order valence-corrected chi connectivity index (χ0v) is 10.7. The summed E-state index contributed by atoms with van der Waals surface area (Å²) in [5.41, 5.74) is -0.0230. The molecule has 0 aliphatic carbocycles. The summed E-state index contributed by atoms with van der Waals surface area (Å²) in [7, 11) is -3.07. The molecule has 2 rings (SSSR count). The molecule has 1 amide bonds. The van der Waals surface area contributed by atoms with Crippen LogP contribution < -0.4 is 5.32 Å². The fourth-order valence-electron chi connectivity index (χ4n) is 1.94. The highest BCUT2D eigenvalue weighted by Crippen LogP contribution is 2.15. The van der Waals surface area contributed by atoms with Gasteiger partial charge in [0.05, 0.1) is 16.4 Å². The van der Waals surface area contributed by atoms with Crippen molar-refractivity contribution in [1.29, 1.82) is 0 Å². The van der Waals surface area contributed by atoms with Gasteiger partial charge >= 0.3 is 0 Å². The lowest BCUT2D eigenvalue weighted by Gasteiger charge is -2.10. The smallest absolute Gasteiger partial charge is 0.270 e. The van der Waals surface area contributed by atoms with Crippen molar-refractivity contribution in [1.82, 2.24) is 5.32 Å². The maximum atomic E-state index is 11.9. The monoisotopic (exact) mass is 284 g/mol. The fraction of sp³-hybridized carbons (Fsp3) is 0.364. The molecule has 1 aromatic rings. The van der Waals surface area contributed by atoms with Gasteiger partial charge in [-0.3, -0.25) is 14.9 Å². The predicted molar refractivity (Wildman–Crippen MR) is 67.6 cm³/mol. The van der Waals surface area contributed by atoms with Gasteiger partial charge in [0.15, 0.2) is 9.84 Å². The molecule has 0 aromatic heterocycles. The molecule has 0 saturated carbocycles. The molecule has 0 radical (unpaired) electrons. The van der Waals surface area contributed by atoms with E-state index < -0.39 is 26.7 Å². The number of carbonyl (C=O) groups excluding carboxylic acids is 1. The van der Waals surface area contributed by atoms with Crippen molar-refractivity contribution < 1.29 is 18.1 Å². The van der Waals surface area contributed by atoms with Gasteiger partial charge in [-0.05, 0) is 12.5 Å². The largest absolute Gasteiger partial charge is 0.348 e. The SMILES string of the molecule is O=C(N[C@@H]1CCS(=O)(=O)C1)c1cccc([N+](=O)[O-])c1. The summed E-state index contributed by atoms with van der Waals surface area (Å²) in [6.45, 7) is 0. The maximum absolute atomic E-state index is 11.9. The molecule has 1 fully saturated rings. The topological polar surface area (TPSA) is 106 Å². The summed E-state index contributed by atoms with van der Waals surface area (Å²) in [4.78, 5) is 21.9. The second kappa shape index (κ2) is 4.96. The summed E-state index contributed by atoms with van der Waals surface area (Å²) in [5, 5.41) is 13.2. The first kappa shape index (κ1) is 13.5. The molecule has 0 bridgehead atoms. The van der Waals surface area contributed by atoms with Gasteiger partial charge in [-0.25, -0.2) is 8.42 Å². The van der Waals surface area contributed by atoms with Crippen LogP contribution in [0.1, 0.15) is 16.8 Å². The maximum Gasteiger partial charge on any atom is 0.270 e. The number of sulfone groups is 1. The Hall–Kier alpha value is -1.96. The number of nitro groups is 1. The molecule has 1 aliphatic rings. The van der Waals surface area contributed by atoms with Gasteiger partial charge in [-0.15, -0.1) is 0 Å². The van der Waals surface area contributed by atoms with E-state index in [0.29, 0.717) is 6.42 Å². The van der Waals surface area contributed by atoms with E-state index in [4.69, 9.17) is 0 Å². The van der Waals surface area contributed by atoms with Gasteiger partial charge in [0.1, 0.15) is 0 Å². The highest BCUT2D eigenvalue weighted by Gasteiger charge is 2.29. The fourth-order valence-corrected chi connectivity index (χ4v) is 3.61. The van der Waals surface area contributed by atoms with Gasteiger partial charge in [0.2, 0.25) is 0 Å². The molecule has 7 nitrogen and oxygen atoms in total. The Morgan fingerprint density at radius 3 is 2.74 bits per heavy atom. The van der Waals surface area contributed by atoms with Gasteiger partial charge in [-0.1, -0.05) is 6.07 Å². The molecule has 19 heavy (non-hydrogen) atoms. The number of hydrogen-bond donors (Lipinski definition) is 1. The first-order valence-corrected chi connectivity index (χ1v) is 7.45. The Kier molecular flexibility index (Phi) is 3.52. The van der Waals surface area contributed by atoms with Crippen LogP contribution in [0.2, 0.25) is 0 Å². The Morgan fingerprint density at radius 2 is 2.16 bits per heavy atom. The highest BCUT2D eigenvalue weighted by molar-refractivity contribution is 7.91. The number of carbonyl (C=O) groups is 1.